The smallest absolute Gasteiger partial charge is 0.347 e. The van der Waals surface area contributed by atoms with E-state index in [4.69, 9.17) is 0 Å². The fraction of sp³-hybridized carbons (Fsp3) is 0.417. The number of phenols is 1. The minimum absolute atomic E-state index is 0.0142. The first-order chi connectivity index (χ1) is 15.9. The molecule has 2 aromatic heterocycles. The number of aromatic hydroxyl groups is 1. The van der Waals surface area contributed by atoms with E-state index >= 15 is 4.39 Å². The molecule has 1 aromatic carbocycles. The molecule has 0 saturated carbocycles. The monoisotopic (exact) mass is 450 g/mol. The van der Waals surface area contributed by atoms with Gasteiger partial charge in [-0.3, -0.25) is 4.98 Å². The van der Waals surface area contributed by atoms with Gasteiger partial charge in [-0.15, -0.1) is 0 Å². The number of nitrogens with one attached hydrogen (secondary N) is 1. The molecule has 3 aromatic rings. The van der Waals surface area contributed by atoms with Crippen molar-refractivity contribution in [1.82, 2.24) is 24.8 Å². The number of alkyl halides is 1. The molecular weight excluding hydrogens is 423 g/mol. The van der Waals surface area contributed by atoms with Gasteiger partial charge in [-0.05, 0) is 37.5 Å². The first-order valence-corrected chi connectivity index (χ1v) is 11.2. The summed E-state index contributed by atoms with van der Waals surface area (Å²) in [7, 11) is 3.50. The predicted octanol–water partition coefficient (Wildman–Crippen LogP) is 2.67. The zero-order valence-electron chi connectivity index (χ0n) is 18.6. The van der Waals surface area contributed by atoms with Gasteiger partial charge in [0, 0.05) is 43.5 Å². The lowest BCUT2D eigenvalue weighted by Gasteiger charge is -2.46. The SMILES string of the molecule is CN(c1cnc(-c2ccc(-c3ccn(C)c(=O)n3)cc2O)cn1)[C@H]1CC2CCCC(N2)[C@H]1F. The van der Waals surface area contributed by atoms with E-state index in [1.54, 1.807) is 49.9 Å². The van der Waals surface area contributed by atoms with Crippen LogP contribution >= 0.6 is 0 Å². The number of aryl methyl sites for hydroxylation is 1. The molecular formula is C24H27FN6O2. The van der Waals surface area contributed by atoms with Crippen LogP contribution in [0.25, 0.3) is 22.5 Å². The summed E-state index contributed by atoms with van der Waals surface area (Å²) in [5.41, 5.74) is 1.77. The number of nitrogens with zero attached hydrogens (tertiary/aromatic N) is 5. The van der Waals surface area contributed by atoms with Crippen molar-refractivity contribution in [3.05, 3.63) is 53.3 Å². The highest BCUT2D eigenvalue weighted by atomic mass is 19.1. The van der Waals surface area contributed by atoms with Gasteiger partial charge in [0.2, 0.25) is 0 Å². The van der Waals surface area contributed by atoms with Crippen molar-refractivity contribution in [3.8, 4) is 28.3 Å². The fourth-order valence-electron chi connectivity index (χ4n) is 4.90. The number of hydrogen-bond acceptors (Lipinski definition) is 7. The van der Waals surface area contributed by atoms with Crippen LogP contribution < -0.4 is 15.9 Å². The zero-order chi connectivity index (χ0) is 23.1. The Bertz CT molecular complexity index is 1210. The maximum Gasteiger partial charge on any atom is 0.347 e. The topological polar surface area (TPSA) is 96.2 Å². The standard InChI is InChI=1S/C24H27FN6O2/c1-30-9-8-17(29-24(30)33)14-6-7-16(21(32)10-14)19-12-27-22(13-26-19)31(2)20-11-15-4-3-5-18(28-15)23(20)25/h6-10,12-13,15,18,20,23,28,32H,3-5,11H2,1-2H3/t15?,18?,20-,23+/m0/s1. The summed E-state index contributed by atoms with van der Waals surface area (Å²) < 4.78 is 16.4. The Morgan fingerprint density at radius 1 is 1.18 bits per heavy atom. The summed E-state index contributed by atoms with van der Waals surface area (Å²) in [4.78, 5) is 26.7. The van der Waals surface area contributed by atoms with Gasteiger partial charge in [0.15, 0.2) is 0 Å². The Morgan fingerprint density at radius 2 is 2.03 bits per heavy atom. The van der Waals surface area contributed by atoms with E-state index in [-0.39, 0.29) is 23.5 Å². The number of rotatable bonds is 4. The number of hydrogen-bond donors (Lipinski definition) is 2. The lowest BCUT2D eigenvalue weighted by atomic mass is 9.82. The molecule has 0 amide bonds. The Balaban J connectivity index is 1.36. The molecule has 172 valence electrons. The van der Waals surface area contributed by atoms with Crippen molar-refractivity contribution < 1.29 is 9.50 Å². The number of anilines is 1. The van der Waals surface area contributed by atoms with Crippen molar-refractivity contribution in [3.63, 3.8) is 0 Å². The summed E-state index contributed by atoms with van der Waals surface area (Å²) >= 11 is 0. The quantitative estimate of drug-likeness (QED) is 0.631. The van der Waals surface area contributed by atoms with Crippen LogP contribution in [0, 0.1) is 0 Å². The third-order valence-electron chi connectivity index (χ3n) is 6.84. The minimum Gasteiger partial charge on any atom is -0.507 e. The minimum atomic E-state index is -0.951. The molecule has 2 fully saturated rings. The molecule has 4 atom stereocenters. The first kappa shape index (κ1) is 21.5. The van der Waals surface area contributed by atoms with Crippen LogP contribution in [0.4, 0.5) is 10.2 Å². The molecule has 4 heterocycles. The van der Waals surface area contributed by atoms with Crippen LogP contribution in [0.2, 0.25) is 0 Å². The highest BCUT2D eigenvalue weighted by molar-refractivity contribution is 5.72. The van der Waals surface area contributed by atoms with Gasteiger partial charge in [-0.25, -0.2) is 14.2 Å². The van der Waals surface area contributed by atoms with Crippen LogP contribution in [0.5, 0.6) is 5.75 Å². The highest BCUT2D eigenvalue weighted by Crippen LogP contribution is 2.34. The summed E-state index contributed by atoms with van der Waals surface area (Å²) in [5, 5.41) is 14.0. The van der Waals surface area contributed by atoms with Crippen molar-refractivity contribution in [1.29, 1.82) is 0 Å². The molecule has 0 spiro atoms. The second kappa shape index (κ2) is 8.55. The predicted molar refractivity (Wildman–Crippen MR) is 124 cm³/mol. The zero-order valence-corrected chi connectivity index (χ0v) is 18.6. The lowest BCUT2D eigenvalue weighted by molar-refractivity contribution is 0.107. The number of fused-ring (bicyclic) bond motifs is 2. The van der Waals surface area contributed by atoms with Gasteiger partial charge in [-0.1, -0.05) is 12.5 Å². The van der Waals surface area contributed by atoms with E-state index in [9.17, 15) is 9.90 Å². The van der Waals surface area contributed by atoms with E-state index < -0.39 is 6.17 Å². The van der Waals surface area contributed by atoms with Crippen molar-refractivity contribution in [2.75, 3.05) is 11.9 Å². The number of aromatic nitrogens is 4. The molecule has 0 aliphatic carbocycles. The molecule has 2 N–H and O–H groups in total. The molecule has 8 nitrogen and oxygen atoms in total. The van der Waals surface area contributed by atoms with Gasteiger partial charge in [0.25, 0.3) is 0 Å². The molecule has 2 unspecified atom stereocenters. The van der Waals surface area contributed by atoms with Crippen LogP contribution in [-0.2, 0) is 7.05 Å². The Kier molecular flexibility index (Phi) is 5.57. The molecule has 2 aliphatic heterocycles. The largest absolute Gasteiger partial charge is 0.507 e. The third-order valence-corrected chi connectivity index (χ3v) is 6.84. The molecule has 33 heavy (non-hydrogen) atoms. The average molecular weight is 451 g/mol. The molecule has 0 radical (unpaired) electrons. The Hall–Kier alpha value is -3.33. The van der Waals surface area contributed by atoms with Gasteiger partial charge < -0.3 is 19.9 Å². The van der Waals surface area contributed by atoms with E-state index in [0.717, 1.165) is 25.7 Å². The van der Waals surface area contributed by atoms with Crippen LogP contribution in [0.3, 0.4) is 0 Å². The third kappa shape index (κ3) is 4.08. The Labute approximate surface area is 191 Å². The van der Waals surface area contributed by atoms with E-state index in [0.29, 0.717) is 34.4 Å². The normalized spacial score (nSPS) is 24.5. The molecule has 2 aliphatic rings. The lowest BCUT2D eigenvalue weighted by Crippen LogP contribution is -2.61. The summed E-state index contributed by atoms with van der Waals surface area (Å²) in [6, 6.07) is 6.80. The summed E-state index contributed by atoms with van der Waals surface area (Å²) in [5.74, 6) is 0.618. The van der Waals surface area contributed by atoms with E-state index in [1.165, 1.54) is 4.57 Å². The summed E-state index contributed by atoms with van der Waals surface area (Å²) in [6.07, 6.45) is 7.67. The van der Waals surface area contributed by atoms with Gasteiger partial charge >= 0.3 is 5.69 Å². The van der Waals surface area contributed by atoms with Crippen LogP contribution in [-0.4, -0.2) is 56.0 Å². The second-order valence-electron chi connectivity index (χ2n) is 8.96. The summed E-state index contributed by atoms with van der Waals surface area (Å²) in [6.45, 7) is 0. The van der Waals surface area contributed by atoms with Crippen molar-refractivity contribution in [2.45, 2.75) is 50.0 Å². The van der Waals surface area contributed by atoms with E-state index in [2.05, 4.69) is 20.3 Å². The highest BCUT2D eigenvalue weighted by Gasteiger charge is 2.41. The molecule has 9 heteroatoms. The number of phenolic OH excluding ortho intramolecular Hbond substituents is 1. The van der Waals surface area contributed by atoms with Crippen molar-refractivity contribution in [2.24, 2.45) is 7.05 Å². The van der Waals surface area contributed by atoms with Crippen molar-refractivity contribution >= 4 is 5.82 Å². The van der Waals surface area contributed by atoms with E-state index in [1.807, 2.05) is 11.9 Å². The molecule has 2 saturated heterocycles. The molecule has 2 bridgehead atoms. The average Bonchev–Trinajstić information content (AvgIpc) is 2.83. The molecule has 5 rings (SSSR count). The maximum absolute atomic E-state index is 15.1. The number of piperidine rings is 2. The van der Waals surface area contributed by atoms with Crippen LogP contribution in [0.15, 0.2) is 47.7 Å². The maximum atomic E-state index is 15.1. The number of benzene rings is 1. The fourth-order valence-corrected chi connectivity index (χ4v) is 4.90. The van der Waals surface area contributed by atoms with Gasteiger partial charge in [0.1, 0.15) is 17.7 Å². The van der Waals surface area contributed by atoms with Gasteiger partial charge in [0.05, 0.1) is 29.8 Å². The second-order valence-corrected chi connectivity index (χ2v) is 8.96. The number of halogens is 1. The first-order valence-electron chi connectivity index (χ1n) is 11.2. The Morgan fingerprint density at radius 3 is 2.76 bits per heavy atom. The van der Waals surface area contributed by atoms with Gasteiger partial charge in [-0.2, -0.15) is 4.98 Å². The van der Waals surface area contributed by atoms with Crippen LogP contribution in [0.1, 0.15) is 25.7 Å².